The molecule has 0 spiro atoms. The maximum atomic E-state index is 10.7. The molecular formula is C11H10O3S. The number of carbonyl (C=O) groups excluding carboxylic acids is 1. The highest BCUT2D eigenvalue weighted by atomic mass is 32.2. The largest absolute Gasteiger partial charge is 0.508 e. The van der Waals surface area contributed by atoms with Crippen LogP contribution in [0, 0.1) is 0 Å². The number of carbonyl (C=O) groups is 1. The van der Waals surface area contributed by atoms with Crippen molar-refractivity contribution < 1.29 is 15.0 Å². The summed E-state index contributed by atoms with van der Waals surface area (Å²) in [6.07, 6.45) is 2.67. The van der Waals surface area contributed by atoms with E-state index in [1.807, 2.05) is 0 Å². The molecule has 2 atom stereocenters. The molecule has 2 heterocycles. The third-order valence-electron chi connectivity index (χ3n) is 3.18. The molecule has 2 aliphatic rings. The first-order valence-electron chi connectivity index (χ1n) is 4.91. The quantitative estimate of drug-likeness (QED) is 0.566. The van der Waals surface area contributed by atoms with E-state index < -0.39 is 0 Å². The lowest BCUT2D eigenvalue weighted by Crippen LogP contribution is -2.00. The van der Waals surface area contributed by atoms with Crippen molar-refractivity contribution in [3.8, 4) is 11.5 Å². The summed E-state index contributed by atoms with van der Waals surface area (Å²) in [5, 5.41) is 20.3. The summed E-state index contributed by atoms with van der Waals surface area (Å²) in [5.41, 5.74) is 1.83. The first-order valence-corrected chi connectivity index (χ1v) is 5.86. The highest BCUT2D eigenvalue weighted by Gasteiger charge is 2.42. The minimum absolute atomic E-state index is 0.0671. The van der Waals surface area contributed by atoms with Gasteiger partial charge >= 0.3 is 0 Å². The van der Waals surface area contributed by atoms with Crippen molar-refractivity contribution in [2.24, 2.45) is 0 Å². The van der Waals surface area contributed by atoms with Gasteiger partial charge in [0.1, 0.15) is 11.5 Å². The van der Waals surface area contributed by atoms with E-state index in [1.165, 1.54) is 6.07 Å². The molecule has 15 heavy (non-hydrogen) atoms. The van der Waals surface area contributed by atoms with E-state index in [0.717, 1.165) is 24.0 Å². The van der Waals surface area contributed by atoms with Gasteiger partial charge in [0.25, 0.3) is 0 Å². The number of hydrogen-bond acceptors (Lipinski definition) is 4. The fourth-order valence-electron chi connectivity index (χ4n) is 2.53. The van der Waals surface area contributed by atoms with Crippen molar-refractivity contribution in [2.75, 3.05) is 0 Å². The van der Waals surface area contributed by atoms with Gasteiger partial charge in [-0.3, -0.25) is 4.79 Å². The zero-order chi connectivity index (χ0) is 10.6. The van der Waals surface area contributed by atoms with Crippen LogP contribution in [0.4, 0.5) is 0 Å². The van der Waals surface area contributed by atoms with Crippen LogP contribution in [-0.2, 0) is 0 Å². The Labute approximate surface area is 91.1 Å². The molecule has 3 rings (SSSR count). The van der Waals surface area contributed by atoms with Crippen LogP contribution in [0.3, 0.4) is 0 Å². The van der Waals surface area contributed by atoms with Crippen LogP contribution in [0.25, 0.3) is 0 Å². The van der Waals surface area contributed by atoms with Gasteiger partial charge in [-0.05, 0) is 18.9 Å². The lowest BCUT2D eigenvalue weighted by molar-refractivity contribution is 0.112. The zero-order valence-electron chi connectivity index (χ0n) is 7.93. The molecule has 0 aromatic heterocycles. The molecule has 3 nitrogen and oxygen atoms in total. The third kappa shape index (κ3) is 1.05. The van der Waals surface area contributed by atoms with Gasteiger partial charge in [0.15, 0.2) is 6.29 Å². The summed E-state index contributed by atoms with van der Waals surface area (Å²) in [6, 6.07) is 1.36. The minimum Gasteiger partial charge on any atom is -0.508 e. The average Bonchev–Trinajstić information content (AvgIpc) is 2.83. The highest BCUT2D eigenvalue weighted by Crippen LogP contribution is 2.65. The molecule has 2 unspecified atom stereocenters. The first kappa shape index (κ1) is 9.09. The lowest BCUT2D eigenvalue weighted by atomic mass is 9.89. The van der Waals surface area contributed by atoms with Crippen LogP contribution in [0.5, 0.6) is 11.5 Å². The Morgan fingerprint density at radius 2 is 1.93 bits per heavy atom. The number of aldehydes is 1. The van der Waals surface area contributed by atoms with Gasteiger partial charge in [0.2, 0.25) is 0 Å². The fourth-order valence-corrected chi connectivity index (χ4v) is 4.23. The second-order valence-electron chi connectivity index (χ2n) is 3.97. The normalized spacial score (nSPS) is 26.7. The number of rotatable bonds is 1. The lowest BCUT2D eigenvalue weighted by Gasteiger charge is -2.17. The molecule has 1 aromatic rings. The Hall–Kier alpha value is -1.16. The summed E-state index contributed by atoms with van der Waals surface area (Å²) in [4.78, 5) is 10.7. The Bertz CT molecular complexity index is 456. The summed E-state index contributed by atoms with van der Waals surface area (Å²) in [5.74, 6) is 0.224. The van der Waals surface area contributed by atoms with Crippen molar-refractivity contribution in [1.29, 1.82) is 0 Å². The molecule has 1 fully saturated rings. The van der Waals surface area contributed by atoms with Gasteiger partial charge in [-0.25, -0.2) is 0 Å². The maximum absolute atomic E-state index is 10.7. The smallest absolute Gasteiger partial charge is 0.153 e. The van der Waals surface area contributed by atoms with E-state index >= 15 is 0 Å². The van der Waals surface area contributed by atoms with E-state index in [0.29, 0.717) is 11.5 Å². The number of aromatic hydroxyl groups is 2. The number of thioether (sulfide) groups is 1. The minimum atomic E-state index is 0.0671. The van der Waals surface area contributed by atoms with Gasteiger partial charge in [0, 0.05) is 21.6 Å². The Morgan fingerprint density at radius 1 is 1.27 bits per heavy atom. The van der Waals surface area contributed by atoms with Crippen molar-refractivity contribution in [2.45, 2.75) is 23.3 Å². The second-order valence-corrected chi connectivity index (χ2v) is 5.38. The molecule has 2 aliphatic heterocycles. The van der Waals surface area contributed by atoms with Crippen LogP contribution in [-0.4, -0.2) is 16.5 Å². The Balaban J connectivity index is 2.30. The van der Waals surface area contributed by atoms with Crippen LogP contribution in [0.15, 0.2) is 6.07 Å². The van der Waals surface area contributed by atoms with Crippen molar-refractivity contribution in [3.05, 3.63) is 22.8 Å². The Morgan fingerprint density at radius 3 is 2.60 bits per heavy atom. The first-order chi connectivity index (χ1) is 7.22. The van der Waals surface area contributed by atoms with Crippen molar-refractivity contribution in [1.82, 2.24) is 0 Å². The van der Waals surface area contributed by atoms with Gasteiger partial charge in [-0.1, -0.05) is 0 Å². The van der Waals surface area contributed by atoms with E-state index in [2.05, 4.69) is 0 Å². The zero-order valence-corrected chi connectivity index (χ0v) is 8.75. The molecule has 1 aromatic carbocycles. The summed E-state index contributed by atoms with van der Waals surface area (Å²) in [7, 11) is 0. The predicted molar refractivity (Wildman–Crippen MR) is 57.5 cm³/mol. The standard InChI is InChI=1S/C11H10O3S/c12-4-5-3-6(13)9-7-1-2-8(15-7)10(9)11(5)14/h3-4,7-8,13-14H,1-2H2. The van der Waals surface area contributed by atoms with Gasteiger partial charge in [0.05, 0.1) is 5.56 Å². The summed E-state index contributed by atoms with van der Waals surface area (Å²) < 4.78 is 0. The molecular weight excluding hydrogens is 212 g/mol. The monoisotopic (exact) mass is 222 g/mol. The van der Waals surface area contributed by atoms with Gasteiger partial charge in [-0.2, -0.15) is 0 Å². The summed E-state index contributed by atoms with van der Waals surface area (Å²) >= 11 is 1.77. The van der Waals surface area contributed by atoms with Crippen molar-refractivity contribution in [3.63, 3.8) is 0 Å². The number of fused-ring (bicyclic) bond motifs is 5. The number of phenolic OH excluding ortho intramolecular Hbond substituents is 2. The molecule has 2 bridgehead atoms. The number of phenols is 2. The van der Waals surface area contributed by atoms with Gasteiger partial charge in [-0.15, -0.1) is 11.8 Å². The molecule has 1 saturated heterocycles. The average molecular weight is 222 g/mol. The fraction of sp³-hybridized carbons (Fsp3) is 0.364. The molecule has 2 N–H and O–H groups in total. The van der Waals surface area contributed by atoms with Crippen LogP contribution >= 0.6 is 11.8 Å². The topological polar surface area (TPSA) is 57.5 Å². The SMILES string of the molecule is O=Cc1cc(O)c2c(c1O)C1CCC2S1. The third-order valence-corrected chi connectivity index (χ3v) is 4.78. The van der Waals surface area contributed by atoms with Gasteiger partial charge < -0.3 is 10.2 Å². The molecule has 0 amide bonds. The molecule has 0 aliphatic carbocycles. The van der Waals surface area contributed by atoms with E-state index in [4.69, 9.17) is 0 Å². The number of benzene rings is 1. The molecule has 4 heteroatoms. The van der Waals surface area contributed by atoms with Crippen LogP contribution in [0.2, 0.25) is 0 Å². The van der Waals surface area contributed by atoms with E-state index in [1.54, 1.807) is 11.8 Å². The highest BCUT2D eigenvalue weighted by molar-refractivity contribution is 8.00. The van der Waals surface area contributed by atoms with Crippen molar-refractivity contribution >= 4 is 18.0 Å². The summed E-state index contributed by atoms with van der Waals surface area (Å²) in [6.45, 7) is 0. The van der Waals surface area contributed by atoms with Crippen LogP contribution in [0.1, 0.15) is 44.8 Å². The van der Waals surface area contributed by atoms with Crippen LogP contribution < -0.4 is 0 Å². The molecule has 78 valence electrons. The molecule has 0 radical (unpaired) electrons. The number of hydrogen-bond donors (Lipinski definition) is 2. The maximum Gasteiger partial charge on any atom is 0.153 e. The second kappa shape index (κ2) is 2.92. The molecule has 0 saturated carbocycles. The predicted octanol–water partition coefficient (Wildman–Crippen LogP) is 2.53. The van der Waals surface area contributed by atoms with E-state index in [9.17, 15) is 15.0 Å². The van der Waals surface area contributed by atoms with E-state index in [-0.39, 0.29) is 22.3 Å². The Kier molecular flexibility index (Phi) is 1.77.